The average molecular weight is 445 g/mol. The Bertz CT molecular complexity index is 748. The highest BCUT2D eigenvalue weighted by atomic mass is 79.9. The first-order chi connectivity index (χ1) is 13.4. The number of piperidine rings is 1. The molecule has 1 heterocycles. The highest BCUT2D eigenvalue weighted by Gasteiger charge is 2.26. The smallest absolute Gasteiger partial charge is 0.327 e. The number of hydrogen-bond acceptors (Lipinski definition) is 4. The molecule has 0 radical (unpaired) electrons. The number of benzene rings is 2. The zero-order valence-electron chi connectivity index (χ0n) is 16.7. The SMILES string of the molecule is CC(C)(Br)C(=O)Oc1ccc(CCN2CCC(Nc3ccccc3)CC2)cc1. The van der Waals surface area contributed by atoms with E-state index in [0.717, 1.165) is 26.1 Å². The van der Waals surface area contributed by atoms with Gasteiger partial charge in [0.25, 0.3) is 0 Å². The van der Waals surface area contributed by atoms with Crippen molar-refractivity contribution in [3.63, 3.8) is 0 Å². The summed E-state index contributed by atoms with van der Waals surface area (Å²) in [5, 5.41) is 3.64. The van der Waals surface area contributed by atoms with Crippen LogP contribution in [0.15, 0.2) is 54.6 Å². The number of para-hydroxylation sites is 1. The summed E-state index contributed by atoms with van der Waals surface area (Å²) >= 11 is 3.32. The van der Waals surface area contributed by atoms with Crippen molar-refractivity contribution in [1.82, 2.24) is 4.90 Å². The van der Waals surface area contributed by atoms with Crippen LogP contribution in [0.3, 0.4) is 0 Å². The van der Waals surface area contributed by atoms with Crippen molar-refractivity contribution < 1.29 is 9.53 Å². The van der Waals surface area contributed by atoms with Gasteiger partial charge in [-0.2, -0.15) is 0 Å². The molecule has 0 aromatic heterocycles. The first-order valence-corrected chi connectivity index (χ1v) is 10.7. The fourth-order valence-corrected chi connectivity index (χ4v) is 3.39. The fraction of sp³-hybridized carbons (Fsp3) is 0.435. The van der Waals surface area contributed by atoms with Gasteiger partial charge in [0, 0.05) is 31.4 Å². The third-order valence-corrected chi connectivity index (χ3v) is 5.39. The minimum atomic E-state index is -0.673. The van der Waals surface area contributed by atoms with Gasteiger partial charge < -0.3 is 15.0 Å². The van der Waals surface area contributed by atoms with Crippen molar-refractivity contribution in [2.24, 2.45) is 0 Å². The first kappa shape index (κ1) is 20.9. The van der Waals surface area contributed by atoms with Gasteiger partial charge >= 0.3 is 5.97 Å². The molecule has 0 saturated carbocycles. The van der Waals surface area contributed by atoms with E-state index in [2.05, 4.69) is 50.4 Å². The molecule has 4 nitrogen and oxygen atoms in total. The van der Waals surface area contributed by atoms with Gasteiger partial charge in [-0.1, -0.05) is 46.3 Å². The Morgan fingerprint density at radius 3 is 2.36 bits per heavy atom. The number of carbonyl (C=O) groups is 1. The van der Waals surface area contributed by atoms with E-state index < -0.39 is 4.32 Å². The number of likely N-dealkylation sites (tertiary alicyclic amines) is 1. The van der Waals surface area contributed by atoms with Crippen LogP contribution in [0, 0.1) is 0 Å². The molecule has 5 heteroatoms. The number of nitrogens with zero attached hydrogens (tertiary/aromatic N) is 1. The summed E-state index contributed by atoms with van der Waals surface area (Å²) in [7, 11) is 0. The summed E-state index contributed by atoms with van der Waals surface area (Å²) in [5.74, 6) is 0.307. The molecule has 0 atom stereocenters. The Hall–Kier alpha value is -1.85. The third-order valence-electron chi connectivity index (χ3n) is 5.07. The Kier molecular flexibility index (Phi) is 7.13. The van der Waals surface area contributed by atoms with Crippen molar-refractivity contribution in [2.75, 3.05) is 25.0 Å². The van der Waals surface area contributed by atoms with E-state index in [1.807, 2.05) is 30.3 Å². The van der Waals surface area contributed by atoms with Gasteiger partial charge in [0.2, 0.25) is 0 Å². The van der Waals surface area contributed by atoms with E-state index in [0.29, 0.717) is 11.8 Å². The lowest BCUT2D eigenvalue weighted by Gasteiger charge is -2.32. The number of esters is 1. The van der Waals surface area contributed by atoms with E-state index in [4.69, 9.17) is 4.74 Å². The minimum Gasteiger partial charge on any atom is -0.426 e. The molecule has 1 N–H and O–H groups in total. The molecule has 0 unspecified atom stereocenters. The summed E-state index contributed by atoms with van der Waals surface area (Å²) in [6.45, 7) is 6.87. The Balaban J connectivity index is 1.40. The molecule has 0 spiro atoms. The highest BCUT2D eigenvalue weighted by Crippen LogP contribution is 2.21. The van der Waals surface area contributed by atoms with Crippen LogP contribution in [-0.4, -0.2) is 40.9 Å². The molecule has 28 heavy (non-hydrogen) atoms. The lowest BCUT2D eigenvalue weighted by Crippen LogP contribution is -2.40. The molecule has 1 fully saturated rings. The van der Waals surface area contributed by atoms with E-state index in [1.165, 1.54) is 24.1 Å². The maximum absolute atomic E-state index is 11.9. The Morgan fingerprint density at radius 2 is 1.75 bits per heavy atom. The number of carbonyl (C=O) groups excluding carboxylic acids is 1. The van der Waals surface area contributed by atoms with Crippen molar-refractivity contribution in [3.05, 3.63) is 60.2 Å². The molecule has 1 aliphatic rings. The second-order valence-electron chi connectivity index (χ2n) is 7.88. The first-order valence-electron chi connectivity index (χ1n) is 9.94. The molecule has 2 aromatic carbocycles. The van der Waals surface area contributed by atoms with Crippen molar-refractivity contribution >= 4 is 27.6 Å². The molecule has 150 valence electrons. The van der Waals surface area contributed by atoms with Crippen LogP contribution < -0.4 is 10.1 Å². The summed E-state index contributed by atoms with van der Waals surface area (Å²) in [4.78, 5) is 14.4. The number of nitrogens with one attached hydrogen (secondary N) is 1. The zero-order chi connectivity index (χ0) is 20.0. The average Bonchev–Trinajstić information content (AvgIpc) is 2.69. The maximum atomic E-state index is 11.9. The van der Waals surface area contributed by atoms with Crippen molar-refractivity contribution in [1.29, 1.82) is 0 Å². The van der Waals surface area contributed by atoms with Crippen LogP contribution in [0.1, 0.15) is 32.3 Å². The van der Waals surface area contributed by atoms with E-state index in [-0.39, 0.29) is 5.97 Å². The van der Waals surface area contributed by atoms with Gasteiger partial charge in [-0.15, -0.1) is 0 Å². The minimum absolute atomic E-state index is 0.285. The summed E-state index contributed by atoms with van der Waals surface area (Å²) in [6, 6.07) is 18.9. The lowest BCUT2D eigenvalue weighted by molar-refractivity contribution is -0.136. The summed E-state index contributed by atoms with van der Waals surface area (Å²) in [5.41, 5.74) is 2.48. The van der Waals surface area contributed by atoms with Crippen LogP contribution in [-0.2, 0) is 11.2 Å². The molecule has 1 saturated heterocycles. The van der Waals surface area contributed by atoms with Gasteiger partial charge in [0.1, 0.15) is 10.1 Å². The Labute approximate surface area is 176 Å². The number of halogens is 1. The molecule has 3 rings (SSSR count). The van der Waals surface area contributed by atoms with Crippen LogP contribution in [0.2, 0.25) is 0 Å². The maximum Gasteiger partial charge on any atom is 0.327 e. The molecular formula is C23H29BrN2O2. The van der Waals surface area contributed by atoms with Crippen LogP contribution in [0.25, 0.3) is 0 Å². The number of rotatable bonds is 7. The van der Waals surface area contributed by atoms with E-state index in [9.17, 15) is 4.79 Å². The van der Waals surface area contributed by atoms with Gasteiger partial charge in [-0.25, -0.2) is 0 Å². The predicted octanol–water partition coefficient (Wildman–Crippen LogP) is 4.88. The van der Waals surface area contributed by atoms with Crippen molar-refractivity contribution in [3.8, 4) is 5.75 Å². The quantitative estimate of drug-likeness (QED) is 0.375. The standard InChI is InChI=1S/C23H29BrN2O2/c1-23(2,24)22(27)28-21-10-8-18(9-11-21)12-15-26-16-13-20(14-17-26)25-19-6-4-3-5-7-19/h3-11,20,25H,12-17H2,1-2H3. The molecule has 2 aromatic rings. The molecule has 1 aliphatic heterocycles. The third kappa shape index (κ3) is 6.35. The lowest BCUT2D eigenvalue weighted by atomic mass is 10.0. The van der Waals surface area contributed by atoms with Crippen LogP contribution in [0.4, 0.5) is 5.69 Å². The second-order valence-corrected chi connectivity index (χ2v) is 9.86. The topological polar surface area (TPSA) is 41.6 Å². The number of alkyl halides is 1. The van der Waals surface area contributed by atoms with Gasteiger partial charge in [-0.3, -0.25) is 4.79 Å². The zero-order valence-corrected chi connectivity index (χ0v) is 18.2. The Morgan fingerprint density at radius 1 is 1.11 bits per heavy atom. The van der Waals surface area contributed by atoms with Gasteiger partial charge in [0.15, 0.2) is 0 Å². The van der Waals surface area contributed by atoms with Crippen LogP contribution in [0.5, 0.6) is 5.75 Å². The molecule has 0 aliphatic carbocycles. The fourth-order valence-electron chi connectivity index (χ4n) is 3.31. The largest absolute Gasteiger partial charge is 0.426 e. The number of hydrogen-bond donors (Lipinski definition) is 1. The monoisotopic (exact) mass is 444 g/mol. The molecule has 0 amide bonds. The van der Waals surface area contributed by atoms with Gasteiger partial charge in [-0.05, 0) is 62.9 Å². The highest BCUT2D eigenvalue weighted by molar-refractivity contribution is 9.10. The molecular weight excluding hydrogens is 416 g/mol. The van der Waals surface area contributed by atoms with Crippen LogP contribution >= 0.6 is 15.9 Å². The molecule has 0 bridgehead atoms. The summed E-state index contributed by atoms with van der Waals surface area (Å²) < 4.78 is 4.71. The van der Waals surface area contributed by atoms with E-state index >= 15 is 0 Å². The predicted molar refractivity (Wildman–Crippen MR) is 118 cm³/mol. The number of anilines is 1. The second kappa shape index (κ2) is 9.57. The van der Waals surface area contributed by atoms with Gasteiger partial charge in [0.05, 0.1) is 0 Å². The number of ether oxygens (including phenoxy) is 1. The van der Waals surface area contributed by atoms with Crippen molar-refractivity contribution in [2.45, 2.75) is 43.5 Å². The normalized spacial score (nSPS) is 16.0. The van der Waals surface area contributed by atoms with E-state index in [1.54, 1.807) is 13.8 Å². The summed E-state index contributed by atoms with van der Waals surface area (Å²) in [6.07, 6.45) is 3.35.